The lowest BCUT2D eigenvalue weighted by Gasteiger charge is -2.31. The van der Waals surface area contributed by atoms with E-state index in [2.05, 4.69) is 22.3 Å². The molecule has 2 unspecified atom stereocenters. The second-order valence-electron chi connectivity index (χ2n) is 9.45. The molecule has 2 aromatic carbocycles. The van der Waals surface area contributed by atoms with Crippen LogP contribution < -0.4 is 5.32 Å². The molecule has 0 spiro atoms. The summed E-state index contributed by atoms with van der Waals surface area (Å²) in [4.78, 5) is 41.3. The van der Waals surface area contributed by atoms with E-state index in [0.29, 0.717) is 6.54 Å². The fraction of sp³-hybridized carbons (Fsp3) is 0.444. The summed E-state index contributed by atoms with van der Waals surface area (Å²) >= 11 is 0. The number of rotatable bonds is 7. The van der Waals surface area contributed by atoms with Crippen LogP contribution >= 0.6 is 0 Å². The van der Waals surface area contributed by atoms with Gasteiger partial charge in [0.25, 0.3) is 0 Å². The van der Waals surface area contributed by atoms with Crippen molar-refractivity contribution in [3.05, 3.63) is 59.7 Å². The molecule has 2 amide bonds. The number of carboxylic acid groups (broad SMARTS) is 1. The van der Waals surface area contributed by atoms with Gasteiger partial charge in [-0.15, -0.1) is 0 Å². The molecule has 1 saturated heterocycles. The molecular weight excluding hydrogens is 446 g/mol. The lowest BCUT2D eigenvalue weighted by atomic mass is 9.98. The largest absolute Gasteiger partial charge is 0.481 e. The van der Waals surface area contributed by atoms with Crippen LogP contribution in [0.3, 0.4) is 0 Å². The lowest BCUT2D eigenvalue weighted by Crippen LogP contribution is -2.52. The van der Waals surface area contributed by atoms with Gasteiger partial charge in [0.05, 0.1) is 0 Å². The summed E-state index contributed by atoms with van der Waals surface area (Å²) in [5.41, 5.74) is 4.46. The molecule has 2 atom stereocenters. The van der Waals surface area contributed by atoms with Gasteiger partial charge in [0.15, 0.2) is 0 Å². The van der Waals surface area contributed by atoms with Crippen LogP contribution in [0.1, 0.15) is 43.2 Å². The van der Waals surface area contributed by atoms with Crippen LogP contribution in [0.5, 0.6) is 0 Å². The SMILES string of the molecule is CC1CN(C)CCCN1C(=O)C(CCC(=O)O)NC(=O)OCC1c2ccccc2-c2ccccc21. The van der Waals surface area contributed by atoms with Gasteiger partial charge in [0, 0.05) is 31.5 Å². The van der Waals surface area contributed by atoms with Crippen LogP contribution in [-0.4, -0.2) is 78.2 Å². The zero-order valence-corrected chi connectivity index (χ0v) is 20.3. The summed E-state index contributed by atoms with van der Waals surface area (Å²) in [5, 5.41) is 11.8. The number of ether oxygens (including phenoxy) is 1. The number of fused-ring (bicyclic) bond motifs is 3. The van der Waals surface area contributed by atoms with Crippen LogP contribution in [-0.2, 0) is 14.3 Å². The number of alkyl carbamates (subject to hydrolysis) is 1. The molecule has 186 valence electrons. The number of carbonyl (C=O) groups is 3. The minimum atomic E-state index is -1.01. The Balaban J connectivity index is 1.44. The minimum Gasteiger partial charge on any atom is -0.481 e. The van der Waals surface area contributed by atoms with Crippen LogP contribution in [0.25, 0.3) is 11.1 Å². The first-order chi connectivity index (χ1) is 16.8. The van der Waals surface area contributed by atoms with Crippen molar-refractivity contribution in [1.82, 2.24) is 15.1 Å². The van der Waals surface area contributed by atoms with E-state index >= 15 is 0 Å². The molecule has 2 aliphatic rings. The third kappa shape index (κ3) is 5.65. The van der Waals surface area contributed by atoms with Gasteiger partial charge in [-0.1, -0.05) is 48.5 Å². The van der Waals surface area contributed by atoms with Gasteiger partial charge in [-0.05, 0) is 55.6 Å². The van der Waals surface area contributed by atoms with E-state index in [1.807, 2.05) is 50.4 Å². The van der Waals surface area contributed by atoms with E-state index < -0.39 is 18.1 Å². The molecule has 0 radical (unpaired) electrons. The Labute approximate surface area is 205 Å². The van der Waals surface area contributed by atoms with E-state index in [1.165, 1.54) is 0 Å². The number of hydrogen-bond donors (Lipinski definition) is 2. The fourth-order valence-corrected chi connectivity index (χ4v) is 5.21. The Hall–Kier alpha value is -3.39. The number of amides is 2. The van der Waals surface area contributed by atoms with Crippen LogP contribution in [0.2, 0.25) is 0 Å². The monoisotopic (exact) mass is 479 g/mol. The van der Waals surface area contributed by atoms with Gasteiger partial charge in [-0.3, -0.25) is 9.59 Å². The predicted molar refractivity (Wildman–Crippen MR) is 132 cm³/mol. The molecule has 2 aromatic rings. The summed E-state index contributed by atoms with van der Waals surface area (Å²) in [5.74, 6) is -1.37. The van der Waals surface area contributed by atoms with Crippen molar-refractivity contribution in [2.45, 2.75) is 44.2 Å². The average molecular weight is 480 g/mol. The normalized spacial score (nSPS) is 18.8. The molecular formula is C27H33N3O5. The Kier molecular flexibility index (Phi) is 7.70. The van der Waals surface area contributed by atoms with Crippen molar-refractivity contribution < 1.29 is 24.2 Å². The molecule has 1 aliphatic heterocycles. The molecule has 2 N–H and O–H groups in total. The third-order valence-corrected chi connectivity index (χ3v) is 6.91. The predicted octanol–water partition coefficient (Wildman–Crippen LogP) is 3.31. The molecule has 1 aliphatic carbocycles. The topological polar surface area (TPSA) is 99.2 Å². The van der Waals surface area contributed by atoms with Gasteiger partial charge in [-0.25, -0.2) is 4.79 Å². The highest BCUT2D eigenvalue weighted by molar-refractivity contribution is 5.86. The molecule has 0 saturated carbocycles. The third-order valence-electron chi connectivity index (χ3n) is 6.91. The summed E-state index contributed by atoms with van der Waals surface area (Å²) in [7, 11) is 2.02. The van der Waals surface area contributed by atoms with Gasteiger partial charge >= 0.3 is 12.1 Å². The first-order valence-corrected chi connectivity index (χ1v) is 12.2. The zero-order chi connectivity index (χ0) is 24.9. The molecule has 35 heavy (non-hydrogen) atoms. The molecule has 1 heterocycles. The number of nitrogens with one attached hydrogen (secondary N) is 1. The second-order valence-corrected chi connectivity index (χ2v) is 9.45. The van der Waals surface area contributed by atoms with Gasteiger partial charge in [-0.2, -0.15) is 0 Å². The zero-order valence-electron chi connectivity index (χ0n) is 20.3. The maximum Gasteiger partial charge on any atom is 0.407 e. The first kappa shape index (κ1) is 24.7. The number of carbonyl (C=O) groups excluding carboxylic acids is 2. The standard InChI is InChI=1S/C27H33N3O5/c1-18-16-29(2)14-7-15-30(18)26(33)24(12-13-25(31)32)28-27(34)35-17-23-21-10-5-3-8-19(21)20-9-4-6-11-22(20)23/h3-6,8-11,18,23-24H,7,12-17H2,1-2H3,(H,28,34)(H,31,32). The van der Waals surface area contributed by atoms with Crippen molar-refractivity contribution in [2.24, 2.45) is 0 Å². The van der Waals surface area contributed by atoms with Crippen molar-refractivity contribution >= 4 is 18.0 Å². The molecule has 8 heteroatoms. The lowest BCUT2D eigenvalue weighted by molar-refractivity contribution is -0.138. The summed E-state index contributed by atoms with van der Waals surface area (Å²) in [6.45, 7) is 4.28. The average Bonchev–Trinajstić information content (AvgIpc) is 3.05. The quantitative estimate of drug-likeness (QED) is 0.632. The second kappa shape index (κ2) is 10.9. The molecule has 1 fully saturated rings. The minimum absolute atomic E-state index is 0.0113. The van der Waals surface area contributed by atoms with Crippen molar-refractivity contribution in [3.63, 3.8) is 0 Å². The fourth-order valence-electron chi connectivity index (χ4n) is 5.21. The molecule has 0 aromatic heterocycles. The summed E-state index contributed by atoms with van der Waals surface area (Å²) < 4.78 is 5.61. The van der Waals surface area contributed by atoms with Crippen molar-refractivity contribution in [2.75, 3.05) is 33.3 Å². The van der Waals surface area contributed by atoms with Crippen molar-refractivity contribution in [3.8, 4) is 11.1 Å². The molecule has 8 nitrogen and oxygen atoms in total. The van der Waals surface area contributed by atoms with E-state index in [9.17, 15) is 19.5 Å². The van der Waals surface area contributed by atoms with Gasteiger partial charge in [0.1, 0.15) is 12.6 Å². The van der Waals surface area contributed by atoms with E-state index in [4.69, 9.17) is 4.74 Å². The Bertz CT molecular complexity index is 1040. The first-order valence-electron chi connectivity index (χ1n) is 12.2. The highest BCUT2D eigenvalue weighted by Crippen LogP contribution is 2.44. The van der Waals surface area contributed by atoms with Gasteiger partial charge < -0.3 is 25.0 Å². The van der Waals surface area contributed by atoms with Crippen LogP contribution in [0.4, 0.5) is 4.79 Å². The van der Waals surface area contributed by atoms with E-state index in [-0.39, 0.29) is 37.3 Å². The number of benzene rings is 2. The Morgan fingerprint density at radius 2 is 1.69 bits per heavy atom. The summed E-state index contributed by atoms with van der Waals surface area (Å²) in [6.07, 6.45) is -0.0989. The summed E-state index contributed by atoms with van der Waals surface area (Å²) in [6, 6.07) is 15.1. The Morgan fingerprint density at radius 3 is 2.31 bits per heavy atom. The van der Waals surface area contributed by atoms with Crippen molar-refractivity contribution in [1.29, 1.82) is 0 Å². The number of aliphatic carboxylic acids is 1. The van der Waals surface area contributed by atoms with Gasteiger partial charge in [0.2, 0.25) is 5.91 Å². The molecule has 0 bridgehead atoms. The van der Waals surface area contributed by atoms with E-state index in [0.717, 1.165) is 41.8 Å². The maximum atomic E-state index is 13.3. The number of likely N-dealkylation sites (N-methyl/N-ethyl adjacent to an activating group) is 1. The highest BCUT2D eigenvalue weighted by atomic mass is 16.5. The Morgan fingerprint density at radius 1 is 1.06 bits per heavy atom. The number of carboxylic acids is 1. The maximum absolute atomic E-state index is 13.3. The van der Waals surface area contributed by atoms with E-state index in [1.54, 1.807) is 4.90 Å². The van der Waals surface area contributed by atoms with Crippen LogP contribution in [0, 0.1) is 0 Å². The van der Waals surface area contributed by atoms with Crippen LogP contribution in [0.15, 0.2) is 48.5 Å². The number of hydrogen-bond acceptors (Lipinski definition) is 5. The molecule has 4 rings (SSSR count). The number of nitrogens with zero attached hydrogens (tertiary/aromatic N) is 2. The highest BCUT2D eigenvalue weighted by Gasteiger charge is 2.33. The smallest absolute Gasteiger partial charge is 0.407 e.